The van der Waals surface area contributed by atoms with Gasteiger partial charge in [0.1, 0.15) is 11.3 Å². The van der Waals surface area contributed by atoms with Gasteiger partial charge in [0, 0.05) is 6.07 Å². The average Bonchev–Trinajstić information content (AvgIpc) is 2.40. The van der Waals surface area contributed by atoms with Crippen LogP contribution in [-0.2, 0) is 0 Å². The Labute approximate surface area is 95.3 Å². The van der Waals surface area contributed by atoms with E-state index in [1.807, 2.05) is 0 Å². The summed E-state index contributed by atoms with van der Waals surface area (Å²) in [5.41, 5.74) is -0.776. The van der Waals surface area contributed by atoms with Crippen LogP contribution in [0.4, 0.5) is 8.78 Å². The van der Waals surface area contributed by atoms with Gasteiger partial charge in [0.25, 0.3) is 0 Å². The molecule has 1 aromatic carbocycles. The van der Waals surface area contributed by atoms with Gasteiger partial charge in [-0.2, -0.15) is 0 Å². The maximum absolute atomic E-state index is 12.7. The molecule has 1 aliphatic rings. The van der Waals surface area contributed by atoms with E-state index < -0.39 is 35.1 Å². The van der Waals surface area contributed by atoms with Crippen molar-refractivity contribution in [2.75, 3.05) is 0 Å². The minimum atomic E-state index is -3.93. The van der Waals surface area contributed by atoms with Gasteiger partial charge in [-0.3, -0.25) is 0 Å². The maximum atomic E-state index is 12.7. The van der Waals surface area contributed by atoms with Crippen LogP contribution in [0.1, 0.15) is 10.4 Å². The first kappa shape index (κ1) is 10.9. The van der Waals surface area contributed by atoms with Crippen molar-refractivity contribution in [2.24, 2.45) is 0 Å². The summed E-state index contributed by atoms with van der Waals surface area (Å²) in [4.78, 5) is 10.8. The number of halogens is 3. The summed E-state index contributed by atoms with van der Waals surface area (Å²) in [5, 5.41) is 18.2. The molecule has 0 atom stereocenters. The minimum Gasteiger partial charge on any atom is -0.506 e. The van der Waals surface area contributed by atoms with Crippen LogP contribution in [0.25, 0.3) is 0 Å². The Hall–Kier alpha value is -1.57. The maximum Gasteiger partial charge on any atom is 0.586 e. The van der Waals surface area contributed by atoms with Crippen molar-refractivity contribution in [1.82, 2.24) is 0 Å². The summed E-state index contributed by atoms with van der Waals surface area (Å²) in [6.45, 7) is 0. The number of ether oxygens (including phenoxy) is 2. The molecule has 86 valence electrons. The van der Waals surface area contributed by atoms with E-state index in [0.29, 0.717) is 0 Å². The second kappa shape index (κ2) is 3.21. The molecule has 0 aliphatic carbocycles. The van der Waals surface area contributed by atoms with Crippen LogP contribution in [0.5, 0.6) is 17.2 Å². The Morgan fingerprint density at radius 1 is 1.44 bits per heavy atom. The number of hydrogen-bond acceptors (Lipinski definition) is 4. The van der Waals surface area contributed by atoms with E-state index in [1.54, 1.807) is 0 Å². The highest BCUT2D eigenvalue weighted by Gasteiger charge is 2.46. The van der Waals surface area contributed by atoms with Gasteiger partial charge in [-0.15, -0.1) is 8.78 Å². The number of hydrogen-bond donors (Lipinski definition) is 2. The first-order chi connectivity index (χ1) is 7.32. The van der Waals surface area contributed by atoms with E-state index in [4.69, 9.17) is 5.11 Å². The molecule has 0 radical (unpaired) electrons. The van der Waals surface area contributed by atoms with Crippen LogP contribution < -0.4 is 9.47 Å². The summed E-state index contributed by atoms with van der Waals surface area (Å²) in [7, 11) is 0. The molecule has 0 amide bonds. The lowest BCUT2D eigenvalue weighted by Crippen LogP contribution is -2.26. The van der Waals surface area contributed by atoms with Crippen molar-refractivity contribution in [3.8, 4) is 17.2 Å². The van der Waals surface area contributed by atoms with Crippen molar-refractivity contribution < 1.29 is 33.3 Å². The molecular formula is C8H3BrF2O5. The molecule has 8 heteroatoms. The molecule has 0 saturated carbocycles. The molecule has 0 unspecified atom stereocenters. The first-order valence-electron chi connectivity index (χ1n) is 3.86. The predicted molar refractivity (Wildman–Crippen MR) is 49.0 cm³/mol. The van der Waals surface area contributed by atoms with Crippen LogP contribution in [0.2, 0.25) is 0 Å². The normalized spacial score (nSPS) is 16.2. The van der Waals surface area contributed by atoms with E-state index in [2.05, 4.69) is 25.4 Å². The number of aromatic carboxylic acids is 1. The van der Waals surface area contributed by atoms with Crippen molar-refractivity contribution >= 4 is 21.9 Å². The second-order valence-electron chi connectivity index (χ2n) is 2.88. The molecule has 1 heterocycles. The third kappa shape index (κ3) is 1.54. The van der Waals surface area contributed by atoms with Gasteiger partial charge in [-0.25, -0.2) is 4.79 Å². The Bertz CT molecular complexity index is 488. The van der Waals surface area contributed by atoms with Crippen LogP contribution in [0, 0.1) is 0 Å². The van der Waals surface area contributed by atoms with Gasteiger partial charge in [0.15, 0.2) is 11.5 Å². The number of fused-ring (bicyclic) bond motifs is 1. The third-order valence-electron chi connectivity index (χ3n) is 1.84. The van der Waals surface area contributed by atoms with E-state index in [0.717, 1.165) is 6.07 Å². The van der Waals surface area contributed by atoms with Gasteiger partial charge in [0.2, 0.25) is 0 Å². The molecule has 0 bridgehead atoms. The lowest BCUT2D eigenvalue weighted by Gasteiger charge is -2.06. The van der Waals surface area contributed by atoms with Gasteiger partial charge in [-0.1, -0.05) is 0 Å². The van der Waals surface area contributed by atoms with Gasteiger partial charge in [0.05, 0.1) is 4.47 Å². The van der Waals surface area contributed by atoms with Crippen molar-refractivity contribution in [3.63, 3.8) is 0 Å². The fourth-order valence-electron chi connectivity index (χ4n) is 1.24. The molecule has 2 rings (SSSR count). The van der Waals surface area contributed by atoms with Crippen LogP contribution >= 0.6 is 15.9 Å². The topological polar surface area (TPSA) is 76.0 Å². The van der Waals surface area contributed by atoms with Crippen molar-refractivity contribution in [1.29, 1.82) is 0 Å². The Kier molecular flexibility index (Phi) is 2.19. The standard InChI is InChI=1S/C8H3BrF2O5/c9-2-1-3-6(16-8(10,11)15-3)4(5(2)12)7(13)14/h1,12H,(H,13,14). The summed E-state index contributed by atoms with van der Waals surface area (Å²) < 4.78 is 33.4. The number of benzene rings is 1. The number of phenols is 1. The first-order valence-corrected chi connectivity index (χ1v) is 4.66. The zero-order valence-electron chi connectivity index (χ0n) is 7.33. The Morgan fingerprint density at radius 2 is 2.06 bits per heavy atom. The molecule has 16 heavy (non-hydrogen) atoms. The molecule has 5 nitrogen and oxygen atoms in total. The lowest BCUT2D eigenvalue weighted by molar-refractivity contribution is -0.286. The quantitative estimate of drug-likeness (QED) is 0.831. The zero-order valence-corrected chi connectivity index (χ0v) is 8.92. The van der Waals surface area contributed by atoms with Gasteiger partial charge < -0.3 is 19.7 Å². The Balaban J connectivity index is 2.68. The fraction of sp³-hybridized carbons (Fsp3) is 0.125. The average molecular weight is 297 g/mol. The van der Waals surface area contributed by atoms with E-state index >= 15 is 0 Å². The molecule has 0 saturated heterocycles. The number of rotatable bonds is 1. The molecule has 0 fully saturated rings. The van der Waals surface area contributed by atoms with E-state index in [1.165, 1.54) is 0 Å². The predicted octanol–water partition coefficient (Wildman–Crippen LogP) is 2.17. The monoisotopic (exact) mass is 296 g/mol. The van der Waals surface area contributed by atoms with E-state index in [9.17, 15) is 18.7 Å². The van der Waals surface area contributed by atoms with E-state index in [-0.39, 0.29) is 4.47 Å². The third-order valence-corrected chi connectivity index (χ3v) is 2.44. The lowest BCUT2D eigenvalue weighted by atomic mass is 10.1. The number of carbonyl (C=O) groups is 1. The van der Waals surface area contributed by atoms with Gasteiger partial charge >= 0.3 is 12.3 Å². The largest absolute Gasteiger partial charge is 0.586 e. The number of aromatic hydroxyl groups is 1. The highest BCUT2D eigenvalue weighted by atomic mass is 79.9. The van der Waals surface area contributed by atoms with Crippen molar-refractivity contribution in [3.05, 3.63) is 16.1 Å². The minimum absolute atomic E-state index is 0.0787. The smallest absolute Gasteiger partial charge is 0.506 e. The van der Waals surface area contributed by atoms with Crippen LogP contribution in [0.3, 0.4) is 0 Å². The molecule has 0 aromatic heterocycles. The molecule has 0 spiro atoms. The fourth-order valence-corrected chi connectivity index (χ4v) is 1.65. The number of carboxylic acids is 1. The summed E-state index contributed by atoms with van der Waals surface area (Å²) in [6.07, 6.45) is -3.93. The van der Waals surface area contributed by atoms with Crippen LogP contribution in [-0.4, -0.2) is 22.5 Å². The second-order valence-corrected chi connectivity index (χ2v) is 3.74. The molecular weight excluding hydrogens is 294 g/mol. The molecule has 1 aromatic rings. The SMILES string of the molecule is O=C(O)c1c(O)c(Br)cc2c1OC(F)(F)O2. The summed E-state index contributed by atoms with van der Waals surface area (Å²) >= 11 is 2.81. The van der Waals surface area contributed by atoms with Gasteiger partial charge in [-0.05, 0) is 15.9 Å². The number of carboxylic acid groups (broad SMARTS) is 1. The zero-order chi connectivity index (χ0) is 12.1. The van der Waals surface area contributed by atoms with Crippen LogP contribution in [0.15, 0.2) is 10.5 Å². The molecule has 1 aliphatic heterocycles. The summed E-state index contributed by atoms with van der Waals surface area (Å²) in [6, 6.07) is 0.998. The highest BCUT2D eigenvalue weighted by Crippen LogP contribution is 2.49. The molecule has 2 N–H and O–H groups in total. The summed E-state index contributed by atoms with van der Waals surface area (Å²) in [5.74, 6) is -3.45. The highest BCUT2D eigenvalue weighted by molar-refractivity contribution is 9.10. The van der Waals surface area contributed by atoms with Crippen molar-refractivity contribution in [2.45, 2.75) is 6.29 Å². The number of alkyl halides is 2. The Morgan fingerprint density at radius 3 is 2.62 bits per heavy atom.